The number of benzene rings is 1. The maximum absolute atomic E-state index is 13.9. The van der Waals surface area contributed by atoms with Crippen LogP contribution in [0.3, 0.4) is 0 Å². The van der Waals surface area contributed by atoms with Gasteiger partial charge in [0.05, 0.1) is 5.69 Å². The van der Waals surface area contributed by atoms with E-state index in [1.54, 1.807) is 0 Å². The van der Waals surface area contributed by atoms with Crippen molar-refractivity contribution in [2.24, 2.45) is 22.5 Å². The van der Waals surface area contributed by atoms with Crippen molar-refractivity contribution in [3.8, 4) is 0 Å². The van der Waals surface area contributed by atoms with Crippen LogP contribution in [0, 0.1) is 28.4 Å². The van der Waals surface area contributed by atoms with Crippen molar-refractivity contribution in [2.75, 3.05) is 11.9 Å². The first-order chi connectivity index (χ1) is 9.10. The molecule has 1 fully saturated rings. The molecule has 1 aromatic rings. The summed E-state index contributed by atoms with van der Waals surface area (Å²) in [6, 6.07) is 2.89. The summed E-state index contributed by atoms with van der Waals surface area (Å²) in [5.74, 6) is -1.49. The monoisotopic (exact) mass is 298 g/mol. The molecule has 5 heteroatoms. The summed E-state index contributed by atoms with van der Waals surface area (Å²) in [6.45, 7) is 9.36. The van der Waals surface area contributed by atoms with Crippen molar-refractivity contribution in [2.45, 2.75) is 27.7 Å². The lowest BCUT2D eigenvalue weighted by Crippen LogP contribution is -2.15. The van der Waals surface area contributed by atoms with Crippen LogP contribution in [-0.4, -0.2) is 11.5 Å². The van der Waals surface area contributed by atoms with Crippen molar-refractivity contribution >= 4 is 22.9 Å². The van der Waals surface area contributed by atoms with Crippen LogP contribution in [-0.2, 0) is 0 Å². The van der Waals surface area contributed by atoms with Crippen LogP contribution in [0.1, 0.15) is 33.3 Å². The second-order valence-electron chi connectivity index (χ2n) is 6.53. The molecule has 1 aliphatic carbocycles. The van der Waals surface area contributed by atoms with E-state index in [9.17, 15) is 8.78 Å². The fraction of sp³-hybridized carbons (Fsp3) is 0.533. The Hall–Kier alpha value is -1.23. The molecule has 0 unspecified atom stereocenters. The molecule has 0 saturated heterocycles. The summed E-state index contributed by atoms with van der Waals surface area (Å²) < 4.78 is 27.7. The predicted octanol–water partition coefficient (Wildman–Crippen LogP) is 3.69. The minimum Gasteiger partial charge on any atom is -0.389 e. The molecule has 0 bridgehead atoms. The van der Waals surface area contributed by atoms with Crippen LogP contribution < -0.4 is 11.1 Å². The molecule has 0 spiro atoms. The largest absolute Gasteiger partial charge is 0.389 e. The highest BCUT2D eigenvalue weighted by Gasteiger charge is 2.64. The van der Waals surface area contributed by atoms with Gasteiger partial charge in [0.2, 0.25) is 0 Å². The van der Waals surface area contributed by atoms with E-state index in [0.29, 0.717) is 12.5 Å². The fourth-order valence-corrected chi connectivity index (χ4v) is 3.09. The van der Waals surface area contributed by atoms with Gasteiger partial charge in [0.15, 0.2) is 11.6 Å². The van der Waals surface area contributed by atoms with Gasteiger partial charge >= 0.3 is 0 Å². The summed E-state index contributed by atoms with van der Waals surface area (Å²) in [7, 11) is 0. The van der Waals surface area contributed by atoms with Gasteiger partial charge in [0.1, 0.15) is 4.99 Å². The number of thiocarbonyl (C=S) groups is 1. The van der Waals surface area contributed by atoms with E-state index in [4.69, 9.17) is 5.73 Å². The Morgan fingerprint density at radius 2 is 1.75 bits per heavy atom. The zero-order chi connectivity index (χ0) is 15.3. The Balaban J connectivity index is 2.13. The lowest BCUT2D eigenvalue weighted by molar-refractivity contribution is 0.457. The van der Waals surface area contributed by atoms with E-state index < -0.39 is 11.6 Å². The van der Waals surface area contributed by atoms with E-state index in [0.717, 1.165) is 0 Å². The Morgan fingerprint density at radius 3 is 2.20 bits per heavy atom. The maximum Gasteiger partial charge on any atom is 0.182 e. The smallest absolute Gasteiger partial charge is 0.182 e. The van der Waals surface area contributed by atoms with Gasteiger partial charge in [-0.15, -0.1) is 0 Å². The van der Waals surface area contributed by atoms with Gasteiger partial charge < -0.3 is 11.1 Å². The third-order valence-corrected chi connectivity index (χ3v) is 5.38. The van der Waals surface area contributed by atoms with Crippen LogP contribution in [0.4, 0.5) is 14.5 Å². The van der Waals surface area contributed by atoms with Crippen LogP contribution >= 0.6 is 12.2 Å². The number of anilines is 1. The summed E-state index contributed by atoms with van der Waals surface area (Å²) >= 11 is 4.68. The van der Waals surface area contributed by atoms with Gasteiger partial charge in [-0.25, -0.2) is 8.78 Å². The molecule has 0 atom stereocenters. The number of nitrogens with two attached hydrogens (primary N) is 1. The number of hydrogen-bond acceptors (Lipinski definition) is 2. The normalized spacial score (nSPS) is 19.7. The maximum atomic E-state index is 13.9. The molecule has 0 heterocycles. The number of nitrogens with one attached hydrogen (secondary N) is 1. The highest BCUT2D eigenvalue weighted by atomic mass is 32.1. The van der Waals surface area contributed by atoms with Crippen LogP contribution in [0.5, 0.6) is 0 Å². The average molecular weight is 298 g/mol. The standard InChI is InChI=1S/C15H20F2N2S/c1-14(2)10(15(14,3)4)7-19-9-6-5-8(13(18)20)11(16)12(9)17/h5-6,10,19H,7H2,1-4H3,(H2,18,20). The third-order valence-electron chi connectivity index (χ3n) is 5.16. The van der Waals surface area contributed by atoms with Gasteiger partial charge in [0.25, 0.3) is 0 Å². The molecule has 1 aliphatic rings. The SMILES string of the molecule is CC1(C)C(CNc2ccc(C(N)=S)c(F)c2F)C1(C)C. The van der Waals surface area contributed by atoms with E-state index in [-0.39, 0.29) is 27.1 Å². The highest BCUT2D eigenvalue weighted by Crippen LogP contribution is 2.68. The minimum atomic E-state index is -0.989. The first-order valence-corrected chi connectivity index (χ1v) is 7.03. The molecule has 1 aromatic carbocycles. The molecule has 20 heavy (non-hydrogen) atoms. The van der Waals surface area contributed by atoms with Crippen LogP contribution in [0.2, 0.25) is 0 Å². The van der Waals surface area contributed by atoms with Crippen molar-refractivity contribution in [3.63, 3.8) is 0 Å². The van der Waals surface area contributed by atoms with Crippen molar-refractivity contribution in [3.05, 3.63) is 29.3 Å². The van der Waals surface area contributed by atoms with Crippen LogP contribution in [0.25, 0.3) is 0 Å². The van der Waals surface area contributed by atoms with Gasteiger partial charge in [-0.2, -0.15) is 0 Å². The summed E-state index contributed by atoms with van der Waals surface area (Å²) in [6.07, 6.45) is 0. The van der Waals surface area contributed by atoms with Crippen molar-refractivity contribution < 1.29 is 8.78 Å². The Bertz CT molecular complexity index is 553. The molecule has 0 aromatic heterocycles. The molecule has 2 nitrogen and oxygen atoms in total. The summed E-state index contributed by atoms with van der Waals surface area (Å²) in [4.78, 5) is -0.141. The topological polar surface area (TPSA) is 38.0 Å². The Morgan fingerprint density at radius 1 is 1.20 bits per heavy atom. The van der Waals surface area contributed by atoms with E-state index in [1.807, 2.05) is 0 Å². The molecule has 110 valence electrons. The zero-order valence-corrected chi connectivity index (χ0v) is 13.0. The van der Waals surface area contributed by atoms with E-state index >= 15 is 0 Å². The second kappa shape index (κ2) is 4.65. The fourth-order valence-electron chi connectivity index (χ4n) is 2.93. The number of halogens is 2. The second-order valence-corrected chi connectivity index (χ2v) is 6.97. The van der Waals surface area contributed by atoms with Crippen LogP contribution in [0.15, 0.2) is 12.1 Å². The van der Waals surface area contributed by atoms with Gasteiger partial charge in [-0.1, -0.05) is 39.9 Å². The number of rotatable bonds is 4. The number of hydrogen-bond donors (Lipinski definition) is 2. The third kappa shape index (κ3) is 2.18. The molecular weight excluding hydrogens is 278 g/mol. The van der Waals surface area contributed by atoms with Gasteiger partial charge in [0, 0.05) is 12.1 Å². The molecule has 0 radical (unpaired) electrons. The first-order valence-electron chi connectivity index (χ1n) is 6.62. The summed E-state index contributed by atoms with van der Waals surface area (Å²) in [5.41, 5.74) is 5.84. The predicted molar refractivity (Wildman–Crippen MR) is 81.8 cm³/mol. The summed E-state index contributed by atoms with van der Waals surface area (Å²) in [5, 5.41) is 2.99. The molecule has 2 rings (SSSR count). The molecule has 1 saturated carbocycles. The molecule has 0 amide bonds. The van der Waals surface area contributed by atoms with E-state index in [1.165, 1.54) is 12.1 Å². The van der Waals surface area contributed by atoms with Gasteiger partial charge in [-0.05, 0) is 28.9 Å². The first kappa shape index (κ1) is 15.2. The Labute approximate surface area is 123 Å². The van der Waals surface area contributed by atoms with Gasteiger partial charge in [-0.3, -0.25) is 0 Å². The lowest BCUT2D eigenvalue weighted by Gasteiger charge is -2.11. The molecule has 0 aliphatic heterocycles. The molecule has 3 N–H and O–H groups in total. The zero-order valence-electron chi connectivity index (χ0n) is 12.2. The lowest BCUT2D eigenvalue weighted by atomic mass is 10.0. The molecular formula is C15H20F2N2S. The minimum absolute atomic E-state index is 0.0601. The van der Waals surface area contributed by atoms with Crippen molar-refractivity contribution in [1.82, 2.24) is 0 Å². The Kier molecular flexibility index (Phi) is 3.53. The quantitative estimate of drug-likeness (QED) is 0.833. The highest BCUT2D eigenvalue weighted by molar-refractivity contribution is 7.80. The van der Waals surface area contributed by atoms with E-state index in [2.05, 4.69) is 45.2 Å². The average Bonchev–Trinajstić information content (AvgIpc) is 2.72. The van der Waals surface area contributed by atoms with Crippen molar-refractivity contribution in [1.29, 1.82) is 0 Å².